The molecule has 0 aromatic heterocycles. The molecule has 0 aliphatic carbocycles. The molecule has 0 amide bonds. The molecule has 1 rings (SSSR count). The summed E-state index contributed by atoms with van der Waals surface area (Å²) in [6.45, 7) is 4.98. The van der Waals surface area contributed by atoms with Gasteiger partial charge in [-0.15, -0.1) is 0 Å². The highest BCUT2D eigenvalue weighted by atomic mass is 16.3. The van der Waals surface area contributed by atoms with Gasteiger partial charge in [0.25, 0.3) is 0 Å². The lowest BCUT2D eigenvalue weighted by Gasteiger charge is -2.14. The summed E-state index contributed by atoms with van der Waals surface area (Å²) >= 11 is 0. The number of rotatable bonds is 5. The van der Waals surface area contributed by atoms with Crippen LogP contribution in [0.15, 0.2) is 0 Å². The topological polar surface area (TPSA) is 43.7 Å². The fourth-order valence-corrected chi connectivity index (χ4v) is 1.89. The number of β-amino-alcohol motifs (C(OH)–C–C–N with tert-alkyl or cyclic N) is 1. The minimum Gasteiger partial charge on any atom is -0.396 e. The third kappa shape index (κ3) is 3.25. The number of nitrogens with zero attached hydrogens (tertiary/aromatic N) is 1. The van der Waals surface area contributed by atoms with E-state index in [4.69, 9.17) is 5.11 Å². The maximum atomic E-state index is 9.51. The molecule has 1 saturated heterocycles. The Morgan fingerprint density at radius 3 is 2.62 bits per heavy atom. The van der Waals surface area contributed by atoms with E-state index in [0.29, 0.717) is 0 Å². The second-order valence-electron chi connectivity index (χ2n) is 3.98. The predicted molar refractivity (Wildman–Crippen MR) is 52.5 cm³/mol. The van der Waals surface area contributed by atoms with Crippen LogP contribution in [0, 0.1) is 5.92 Å². The Hall–Kier alpha value is -0.120. The number of unbranched alkanes of at least 4 members (excludes halogenated alkanes) is 2. The van der Waals surface area contributed by atoms with Gasteiger partial charge in [-0.2, -0.15) is 0 Å². The number of hydrogen-bond donors (Lipinski definition) is 2. The lowest BCUT2D eigenvalue weighted by Crippen LogP contribution is -2.23. The molecule has 1 heterocycles. The second-order valence-corrected chi connectivity index (χ2v) is 3.98. The number of aliphatic hydroxyl groups excluding tert-OH is 2. The first-order chi connectivity index (χ1) is 6.27. The van der Waals surface area contributed by atoms with Crippen LogP contribution in [0.3, 0.4) is 0 Å². The standard InChI is InChI=1S/C10H21NO2/c1-2-3-4-5-11-6-9(8-12)10(13)7-11/h9-10,12-13H,2-8H2,1H3. The Balaban J connectivity index is 2.16. The molecule has 0 saturated carbocycles. The molecule has 3 nitrogen and oxygen atoms in total. The Kier molecular flexibility index (Phi) is 4.70. The Labute approximate surface area is 80.4 Å². The minimum atomic E-state index is -0.313. The van der Waals surface area contributed by atoms with Gasteiger partial charge in [0.1, 0.15) is 0 Å². The first-order valence-corrected chi connectivity index (χ1v) is 5.29. The van der Waals surface area contributed by atoms with Crippen molar-refractivity contribution in [2.24, 2.45) is 5.92 Å². The first kappa shape index (κ1) is 11.0. The molecule has 1 aliphatic rings. The second kappa shape index (κ2) is 5.58. The van der Waals surface area contributed by atoms with Crippen molar-refractivity contribution in [3.8, 4) is 0 Å². The fourth-order valence-electron chi connectivity index (χ4n) is 1.89. The van der Waals surface area contributed by atoms with E-state index < -0.39 is 0 Å². The van der Waals surface area contributed by atoms with Gasteiger partial charge in [-0.25, -0.2) is 0 Å². The lowest BCUT2D eigenvalue weighted by molar-refractivity contribution is 0.103. The summed E-state index contributed by atoms with van der Waals surface area (Å²) in [6.07, 6.45) is 3.39. The van der Waals surface area contributed by atoms with E-state index in [1.54, 1.807) is 0 Å². The number of hydrogen-bond acceptors (Lipinski definition) is 3. The van der Waals surface area contributed by atoms with Crippen molar-refractivity contribution < 1.29 is 10.2 Å². The summed E-state index contributed by atoms with van der Waals surface area (Å²) in [7, 11) is 0. The SMILES string of the molecule is CCCCCN1CC(O)C(CO)C1. The van der Waals surface area contributed by atoms with Gasteiger partial charge in [-0.05, 0) is 13.0 Å². The molecule has 1 fully saturated rings. The highest BCUT2D eigenvalue weighted by Crippen LogP contribution is 2.16. The van der Waals surface area contributed by atoms with Crippen LogP contribution in [0.2, 0.25) is 0 Å². The minimum absolute atomic E-state index is 0.0848. The van der Waals surface area contributed by atoms with Crippen molar-refractivity contribution in [3.63, 3.8) is 0 Å². The highest BCUT2D eigenvalue weighted by molar-refractivity contribution is 4.82. The largest absolute Gasteiger partial charge is 0.396 e. The van der Waals surface area contributed by atoms with Crippen LogP contribution in [-0.2, 0) is 0 Å². The van der Waals surface area contributed by atoms with Gasteiger partial charge in [0.05, 0.1) is 6.10 Å². The van der Waals surface area contributed by atoms with Crippen molar-refractivity contribution in [2.45, 2.75) is 32.3 Å². The van der Waals surface area contributed by atoms with Crippen molar-refractivity contribution in [1.82, 2.24) is 4.90 Å². The summed E-state index contributed by atoms with van der Waals surface area (Å²) in [4.78, 5) is 2.25. The van der Waals surface area contributed by atoms with Gasteiger partial charge in [0.15, 0.2) is 0 Å². The maximum Gasteiger partial charge on any atom is 0.0729 e. The third-order valence-corrected chi connectivity index (χ3v) is 2.79. The number of likely N-dealkylation sites (tertiary alicyclic amines) is 1. The maximum absolute atomic E-state index is 9.51. The van der Waals surface area contributed by atoms with E-state index in [-0.39, 0.29) is 18.6 Å². The summed E-state index contributed by atoms with van der Waals surface area (Å²) < 4.78 is 0. The van der Waals surface area contributed by atoms with Crippen LogP contribution >= 0.6 is 0 Å². The van der Waals surface area contributed by atoms with Gasteiger partial charge in [-0.1, -0.05) is 19.8 Å². The molecule has 2 N–H and O–H groups in total. The zero-order valence-corrected chi connectivity index (χ0v) is 8.45. The molecule has 0 aromatic rings. The van der Waals surface area contributed by atoms with Crippen molar-refractivity contribution in [1.29, 1.82) is 0 Å². The predicted octanol–water partition coefficient (Wildman–Crippen LogP) is 0.462. The zero-order valence-electron chi connectivity index (χ0n) is 8.45. The van der Waals surface area contributed by atoms with Crippen molar-refractivity contribution in [3.05, 3.63) is 0 Å². The Bertz CT molecular complexity index is 141. The van der Waals surface area contributed by atoms with E-state index >= 15 is 0 Å². The summed E-state index contributed by atoms with van der Waals surface area (Å²) in [5.41, 5.74) is 0. The molecule has 2 unspecified atom stereocenters. The quantitative estimate of drug-likeness (QED) is 0.615. The molecule has 0 aromatic carbocycles. The van der Waals surface area contributed by atoms with Gasteiger partial charge in [0.2, 0.25) is 0 Å². The third-order valence-electron chi connectivity index (χ3n) is 2.79. The first-order valence-electron chi connectivity index (χ1n) is 5.29. The molecule has 0 spiro atoms. The van der Waals surface area contributed by atoms with Crippen LogP contribution in [-0.4, -0.2) is 47.5 Å². The van der Waals surface area contributed by atoms with Crippen molar-refractivity contribution >= 4 is 0 Å². The van der Waals surface area contributed by atoms with Crippen LogP contribution in [0.4, 0.5) is 0 Å². The summed E-state index contributed by atoms with van der Waals surface area (Å²) in [5.74, 6) is 0.0848. The van der Waals surface area contributed by atoms with E-state index in [1.807, 2.05) is 0 Å². The van der Waals surface area contributed by atoms with Gasteiger partial charge < -0.3 is 15.1 Å². The van der Waals surface area contributed by atoms with Crippen molar-refractivity contribution in [2.75, 3.05) is 26.2 Å². The monoisotopic (exact) mass is 187 g/mol. The lowest BCUT2D eigenvalue weighted by atomic mass is 10.1. The Morgan fingerprint density at radius 2 is 2.08 bits per heavy atom. The van der Waals surface area contributed by atoms with E-state index in [9.17, 15) is 5.11 Å². The van der Waals surface area contributed by atoms with E-state index in [2.05, 4.69) is 11.8 Å². The normalized spacial score (nSPS) is 29.8. The molecule has 1 aliphatic heterocycles. The Morgan fingerprint density at radius 1 is 1.31 bits per heavy atom. The molecular formula is C10H21NO2. The molecule has 2 atom stereocenters. The fraction of sp³-hybridized carbons (Fsp3) is 1.00. The van der Waals surface area contributed by atoms with Gasteiger partial charge >= 0.3 is 0 Å². The number of aliphatic hydroxyl groups is 2. The van der Waals surface area contributed by atoms with Gasteiger partial charge in [-0.3, -0.25) is 0 Å². The van der Waals surface area contributed by atoms with Crippen LogP contribution in [0.5, 0.6) is 0 Å². The van der Waals surface area contributed by atoms with Crippen LogP contribution < -0.4 is 0 Å². The van der Waals surface area contributed by atoms with E-state index in [0.717, 1.165) is 19.6 Å². The molecule has 0 bridgehead atoms. The van der Waals surface area contributed by atoms with Crippen LogP contribution in [0.1, 0.15) is 26.2 Å². The average Bonchev–Trinajstić information content (AvgIpc) is 2.47. The summed E-state index contributed by atoms with van der Waals surface area (Å²) in [5, 5.41) is 18.5. The molecular weight excluding hydrogens is 166 g/mol. The average molecular weight is 187 g/mol. The summed E-state index contributed by atoms with van der Waals surface area (Å²) in [6, 6.07) is 0. The smallest absolute Gasteiger partial charge is 0.0729 e. The van der Waals surface area contributed by atoms with E-state index in [1.165, 1.54) is 19.3 Å². The molecule has 78 valence electrons. The van der Waals surface area contributed by atoms with Gasteiger partial charge in [0, 0.05) is 25.6 Å². The molecule has 13 heavy (non-hydrogen) atoms. The highest BCUT2D eigenvalue weighted by Gasteiger charge is 2.29. The molecule has 3 heteroatoms. The molecule has 0 radical (unpaired) electrons. The van der Waals surface area contributed by atoms with Crippen LogP contribution in [0.25, 0.3) is 0 Å². The zero-order chi connectivity index (χ0) is 9.68.